The highest BCUT2D eigenvalue weighted by Crippen LogP contribution is 2.72. The Hall–Kier alpha value is -2.81. The molecular weight excluding hydrogens is 470 g/mol. The van der Waals surface area contributed by atoms with Crippen molar-refractivity contribution in [3.63, 3.8) is 0 Å². The fraction of sp³-hybridized carbons (Fsp3) is 0.552. The van der Waals surface area contributed by atoms with Crippen LogP contribution in [0.5, 0.6) is 5.75 Å². The molecule has 2 saturated carbocycles. The van der Waals surface area contributed by atoms with E-state index in [2.05, 4.69) is 24.2 Å². The average molecular weight is 506 g/mol. The number of aromatic nitrogens is 3. The quantitative estimate of drug-likeness (QED) is 0.547. The lowest BCUT2D eigenvalue weighted by Gasteiger charge is -2.49. The first kappa shape index (κ1) is 24.5. The summed E-state index contributed by atoms with van der Waals surface area (Å²) in [5.74, 6) is 0.327. The lowest BCUT2D eigenvalue weighted by Crippen LogP contribution is -2.63. The van der Waals surface area contributed by atoms with Crippen LogP contribution in [0.3, 0.4) is 0 Å². The number of fused-ring (bicyclic) bond motifs is 3. The van der Waals surface area contributed by atoms with E-state index >= 15 is 0 Å². The minimum Gasteiger partial charge on any atom is -0.496 e. The number of aliphatic hydroxyl groups is 3. The van der Waals surface area contributed by atoms with Crippen LogP contribution in [0.25, 0.3) is 11.3 Å². The third-order valence-electron chi connectivity index (χ3n) is 10.1. The first-order valence-corrected chi connectivity index (χ1v) is 13.0. The average Bonchev–Trinajstić information content (AvgIpc) is 3.15. The molecule has 4 aliphatic rings. The van der Waals surface area contributed by atoms with E-state index in [1.54, 1.807) is 24.1 Å². The maximum absolute atomic E-state index is 14.5. The molecule has 0 aliphatic heterocycles. The highest BCUT2D eigenvalue weighted by atomic mass is 16.5. The van der Waals surface area contributed by atoms with E-state index < -0.39 is 35.7 Å². The van der Waals surface area contributed by atoms with Crippen LogP contribution in [-0.4, -0.2) is 61.5 Å². The molecule has 1 aromatic heterocycles. The lowest BCUT2D eigenvalue weighted by molar-refractivity contribution is -0.175. The Morgan fingerprint density at radius 3 is 2.68 bits per heavy atom. The van der Waals surface area contributed by atoms with Crippen LogP contribution < -0.4 is 4.74 Å². The van der Waals surface area contributed by atoms with Gasteiger partial charge in [-0.1, -0.05) is 50.3 Å². The van der Waals surface area contributed by atoms with E-state index in [0.717, 1.165) is 17.6 Å². The van der Waals surface area contributed by atoms with Gasteiger partial charge in [-0.25, -0.2) is 4.68 Å². The van der Waals surface area contributed by atoms with Gasteiger partial charge in [0, 0.05) is 11.5 Å². The lowest BCUT2D eigenvalue weighted by atomic mass is 9.58. The van der Waals surface area contributed by atoms with Crippen molar-refractivity contribution < 1.29 is 24.9 Å². The summed E-state index contributed by atoms with van der Waals surface area (Å²) in [4.78, 5) is 14.5. The number of ether oxygens (including phenoxy) is 1. The Morgan fingerprint density at radius 2 is 1.97 bits per heavy atom. The van der Waals surface area contributed by atoms with E-state index in [0.29, 0.717) is 17.4 Å². The number of hydrogen-bond acceptors (Lipinski definition) is 7. The summed E-state index contributed by atoms with van der Waals surface area (Å²) in [5, 5.41) is 43.6. The molecule has 1 aromatic carbocycles. The van der Waals surface area contributed by atoms with E-state index in [-0.39, 0.29) is 28.6 Å². The summed E-state index contributed by atoms with van der Waals surface area (Å²) in [7, 11) is 1.59. The van der Waals surface area contributed by atoms with Gasteiger partial charge in [-0.2, -0.15) is 0 Å². The van der Waals surface area contributed by atoms with Crippen molar-refractivity contribution in [2.75, 3.05) is 13.7 Å². The summed E-state index contributed by atoms with van der Waals surface area (Å²) in [6, 6.07) is 6.62. The van der Waals surface area contributed by atoms with E-state index in [1.165, 1.54) is 0 Å². The van der Waals surface area contributed by atoms with Crippen LogP contribution in [-0.2, 0) is 4.79 Å². The van der Waals surface area contributed by atoms with Gasteiger partial charge in [0.05, 0.1) is 25.3 Å². The maximum Gasteiger partial charge on any atom is 0.153 e. The standard InChI is InChI=1S/C29H35N3O5/c1-15-12-28-16(2)10-20-23(27(20,3)4)19(26(28)35)11-17(14-33)25(34)29(28,36)24(15)32-13-21(30-31-32)18-8-6-7-9-22(18)37-5/h6-9,11-13,16,19-20,23-25,33-34,36H,10,14H2,1-5H3/t16-,19+,20-,23+,24+,25-,28+,29-/m1/s1. The number of benzene rings is 1. The van der Waals surface area contributed by atoms with Crippen molar-refractivity contribution in [2.45, 2.75) is 51.9 Å². The van der Waals surface area contributed by atoms with Crippen LogP contribution >= 0.6 is 0 Å². The zero-order valence-electron chi connectivity index (χ0n) is 21.9. The van der Waals surface area contributed by atoms with Crippen molar-refractivity contribution >= 4 is 5.78 Å². The zero-order valence-corrected chi connectivity index (χ0v) is 21.9. The van der Waals surface area contributed by atoms with Crippen LogP contribution in [0.15, 0.2) is 53.8 Å². The van der Waals surface area contributed by atoms with Crippen molar-refractivity contribution in [3.8, 4) is 17.0 Å². The third kappa shape index (κ3) is 2.92. The smallest absolute Gasteiger partial charge is 0.153 e. The van der Waals surface area contributed by atoms with Gasteiger partial charge in [0.1, 0.15) is 29.2 Å². The SMILES string of the molecule is COc1ccccc1-c1cn([C@H]2C(C)=C[C@]34C(=O)[C@@H](C=C(CO)[C@@H](O)[C@]23O)[C@H]2[C@@H](C[C@H]4C)C2(C)C)nn1. The first-order valence-electron chi connectivity index (χ1n) is 13.0. The number of methoxy groups -OCH3 is 1. The fourth-order valence-corrected chi connectivity index (χ4v) is 8.22. The molecule has 0 unspecified atom stereocenters. The number of carbonyl (C=O) groups excluding carboxylic acids is 1. The third-order valence-corrected chi connectivity index (χ3v) is 10.1. The van der Waals surface area contributed by atoms with Crippen molar-refractivity contribution in [1.29, 1.82) is 0 Å². The summed E-state index contributed by atoms with van der Waals surface area (Å²) < 4.78 is 7.04. The van der Waals surface area contributed by atoms with E-state index in [9.17, 15) is 20.1 Å². The summed E-state index contributed by atoms with van der Waals surface area (Å²) >= 11 is 0. The summed E-state index contributed by atoms with van der Waals surface area (Å²) in [6.07, 6.45) is 4.68. The fourth-order valence-electron chi connectivity index (χ4n) is 8.22. The van der Waals surface area contributed by atoms with Gasteiger partial charge in [0.15, 0.2) is 5.78 Å². The number of Topliss-reactive ketones (excluding diaryl/α,β-unsaturated/α-hetero) is 1. The predicted octanol–water partition coefficient (Wildman–Crippen LogP) is 2.96. The van der Waals surface area contributed by atoms with Crippen LogP contribution in [0.2, 0.25) is 0 Å². The van der Waals surface area contributed by atoms with Crippen molar-refractivity contribution in [1.82, 2.24) is 15.0 Å². The Kier molecular flexibility index (Phi) is 5.20. The molecule has 8 nitrogen and oxygen atoms in total. The highest BCUT2D eigenvalue weighted by molar-refractivity contribution is 5.95. The largest absolute Gasteiger partial charge is 0.496 e. The van der Waals surface area contributed by atoms with Gasteiger partial charge in [0.2, 0.25) is 0 Å². The molecule has 1 spiro atoms. The van der Waals surface area contributed by atoms with E-state index in [4.69, 9.17) is 4.74 Å². The van der Waals surface area contributed by atoms with Crippen LogP contribution in [0, 0.1) is 34.5 Å². The molecule has 8 heteroatoms. The Balaban J connectivity index is 1.52. The van der Waals surface area contributed by atoms with E-state index in [1.807, 2.05) is 44.2 Å². The van der Waals surface area contributed by atoms with Gasteiger partial charge >= 0.3 is 0 Å². The second kappa shape index (κ2) is 7.85. The monoisotopic (exact) mass is 505 g/mol. The van der Waals surface area contributed by atoms with Gasteiger partial charge < -0.3 is 20.1 Å². The van der Waals surface area contributed by atoms with Crippen molar-refractivity contribution in [3.05, 3.63) is 53.8 Å². The minimum atomic E-state index is -1.94. The molecule has 8 atom stereocenters. The first-order chi connectivity index (χ1) is 17.5. The molecule has 196 valence electrons. The number of allylic oxidation sites excluding steroid dienone is 1. The summed E-state index contributed by atoms with van der Waals surface area (Å²) in [5.41, 5.74) is -0.939. The van der Waals surface area contributed by atoms with Gasteiger partial charge in [-0.3, -0.25) is 4.79 Å². The second-order valence-electron chi connectivity index (χ2n) is 12.1. The topological polar surface area (TPSA) is 118 Å². The molecule has 0 radical (unpaired) electrons. The predicted molar refractivity (Wildman–Crippen MR) is 136 cm³/mol. The van der Waals surface area contributed by atoms with Gasteiger partial charge in [-0.15, -0.1) is 5.10 Å². The number of para-hydroxylation sites is 1. The molecule has 3 N–H and O–H groups in total. The number of ketones is 1. The molecule has 0 saturated heterocycles. The second-order valence-corrected chi connectivity index (χ2v) is 12.1. The molecule has 1 heterocycles. The number of aliphatic hydroxyl groups excluding tert-OH is 2. The molecule has 4 aliphatic carbocycles. The molecule has 2 bridgehead atoms. The zero-order chi connectivity index (χ0) is 26.5. The van der Waals surface area contributed by atoms with Crippen LogP contribution in [0.4, 0.5) is 0 Å². The summed E-state index contributed by atoms with van der Waals surface area (Å²) in [6.45, 7) is 7.82. The normalized spacial score (nSPS) is 39.6. The van der Waals surface area contributed by atoms with Gasteiger partial charge in [0.25, 0.3) is 0 Å². The number of nitrogens with zero attached hydrogens (tertiary/aromatic N) is 3. The molecule has 6 rings (SSSR count). The maximum atomic E-state index is 14.5. The highest BCUT2D eigenvalue weighted by Gasteiger charge is 2.76. The Bertz CT molecular complexity index is 1340. The number of hydrogen-bond donors (Lipinski definition) is 3. The molecular formula is C29H35N3O5. The van der Waals surface area contributed by atoms with Gasteiger partial charge in [-0.05, 0) is 59.8 Å². The Labute approximate surface area is 216 Å². The molecule has 37 heavy (non-hydrogen) atoms. The minimum absolute atomic E-state index is 0.00696. The van der Waals surface area contributed by atoms with Crippen LogP contribution in [0.1, 0.15) is 40.2 Å². The number of rotatable bonds is 4. The molecule has 2 fully saturated rings. The molecule has 0 amide bonds. The number of carbonyl (C=O) groups is 1. The Morgan fingerprint density at radius 1 is 1.24 bits per heavy atom. The molecule has 2 aromatic rings. The van der Waals surface area contributed by atoms with Crippen molar-refractivity contribution in [2.24, 2.45) is 34.5 Å².